The average Bonchev–Trinajstić information content (AvgIpc) is 2.48. The van der Waals surface area contributed by atoms with Crippen molar-refractivity contribution in [2.24, 2.45) is 0 Å². The van der Waals surface area contributed by atoms with Gasteiger partial charge in [-0.1, -0.05) is 41.4 Å². The maximum Gasteiger partial charge on any atom is 0.311 e. The van der Waals surface area contributed by atoms with Crippen LogP contribution in [0.1, 0.15) is 24.0 Å². The van der Waals surface area contributed by atoms with Gasteiger partial charge in [0.1, 0.15) is 5.75 Å². The molecule has 0 saturated carbocycles. The highest BCUT2D eigenvalue weighted by Gasteiger charge is 2.20. The molecular formula is C17H16Cl2O3. The van der Waals surface area contributed by atoms with Crippen LogP contribution in [-0.4, -0.2) is 17.7 Å². The summed E-state index contributed by atoms with van der Waals surface area (Å²) in [6, 6.07) is 12.2. The Morgan fingerprint density at radius 3 is 2.41 bits per heavy atom. The highest BCUT2D eigenvalue weighted by atomic mass is 35.5. The zero-order valence-corrected chi connectivity index (χ0v) is 13.6. The molecule has 0 aromatic heterocycles. The van der Waals surface area contributed by atoms with Gasteiger partial charge in [-0.25, -0.2) is 0 Å². The number of rotatable bonds is 6. The number of benzene rings is 2. The van der Waals surface area contributed by atoms with Crippen LogP contribution in [0.3, 0.4) is 0 Å². The molecule has 2 aromatic rings. The lowest BCUT2D eigenvalue weighted by molar-refractivity contribution is -0.138. The summed E-state index contributed by atoms with van der Waals surface area (Å²) in [6.45, 7) is 2.41. The summed E-state index contributed by atoms with van der Waals surface area (Å²) < 4.78 is 5.38. The maximum absolute atomic E-state index is 11.6. The number of hydrogen-bond donors (Lipinski definition) is 1. The summed E-state index contributed by atoms with van der Waals surface area (Å²) in [5.41, 5.74) is 1.55. The first-order valence-corrected chi connectivity index (χ1v) is 7.66. The van der Waals surface area contributed by atoms with E-state index >= 15 is 0 Å². The molecule has 1 unspecified atom stereocenters. The van der Waals surface area contributed by atoms with Gasteiger partial charge in [-0.15, -0.1) is 0 Å². The van der Waals surface area contributed by atoms with Gasteiger partial charge in [0, 0.05) is 5.02 Å². The Hall–Kier alpha value is -1.71. The fourth-order valence-corrected chi connectivity index (χ4v) is 2.61. The SMILES string of the molecule is CCOc1ccc(CC(C(=O)O)c2ccc(Cl)cc2)cc1Cl. The molecule has 1 N–H and O–H groups in total. The van der Waals surface area contributed by atoms with Crippen LogP contribution < -0.4 is 4.74 Å². The fourth-order valence-electron chi connectivity index (χ4n) is 2.22. The predicted octanol–water partition coefficient (Wildman–Crippen LogP) is 4.80. The largest absolute Gasteiger partial charge is 0.492 e. The average molecular weight is 339 g/mol. The van der Waals surface area contributed by atoms with Gasteiger partial charge in [-0.05, 0) is 48.7 Å². The van der Waals surface area contributed by atoms with Gasteiger partial charge in [0.2, 0.25) is 0 Å². The van der Waals surface area contributed by atoms with Crippen LogP contribution in [0.15, 0.2) is 42.5 Å². The van der Waals surface area contributed by atoms with Crippen LogP contribution in [0, 0.1) is 0 Å². The molecule has 22 heavy (non-hydrogen) atoms. The second kappa shape index (κ2) is 7.52. The van der Waals surface area contributed by atoms with Crippen LogP contribution >= 0.6 is 23.2 Å². The number of halogens is 2. The molecule has 0 spiro atoms. The first-order chi connectivity index (χ1) is 10.5. The van der Waals surface area contributed by atoms with E-state index in [1.165, 1.54) is 0 Å². The summed E-state index contributed by atoms with van der Waals surface area (Å²) in [4.78, 5) is 11.6. The Kier molecular flexibility index (Phi) is 5.69. The van der Waals surface area contributed by atoms with Crippen molar-refractivity contribution >= 4 is 29.2 Å². The van der Waals surface area contributed by atoms with E-state index in [0.717, 1.165) is 5.56 Å². The minimum absolute atomic E-state index is 0.350. The third-order valence-electron chi connectivity index (χ3n) is 3.31. The van der Waals surface area contributed by atoms with Gasteiger partial charge in [-0.3, -0.25) is 4.79 Å². The van der Waals surface area contributed by atoms with Crippen LogP contribution in [0.2, 0.25) is 10.0 Å². The van der Waals surface area contributed by atoms with Crippen molar-refractivity contribution in [2.45, 2.75) is 19.3 Å². The van der Waals surface area contributed by atoms with Crippen molar-refractivity contribution < 1.29 is 14.6 Å². The zero-order chi connectivity index (χ0) is 16.1. The summed E-state index contributed by atoms with van der Waals surface area (Å²) in [7, 11) is 0. The van der Waals surface area contributed by atoms with E-state index in [1.54, 1.807) is 36.4 Å². The van der Waals surface area contributed by atoms with E-state index in [-0.39, 0.29) is 0 Å². The van der Waals surface area contributed by atoms with Gasteiger partial charge >= 0.3 is 5.97 Å². The van der Waals surface area contributed by atoms with E-state index in [4.69, 9.17) is 27.9 Å². The van der Waals surface area contributed by atoms with E-state index < -0.39 is 11.9 Å². The lowest BCUT2D eigenvalue weighted by atomic mass is 9.92. The van der Waals surface area contributed by atoms with Crippen LogP contribution in [0.4, 0.5) is 0 Å². The van der Waals surface area contributed by atoms with E-state index in [2.05, 4.69) is 0 Å². The Morgan fingerprint density at radius 2 is 1.86 bits per heavy atom. The number of aliphatic carboxylic acids is 1. The van der Waals surface area contributed by atoms with Crippen molar-refractivity contribution in [3.8, 4) is 5.75 Å². The highest BCUT2D eigenvalue weighted by molar-refractivity contribution is 6.32. The van der Waals surface area contributed by atoms with Crippen LogP contribution in [0.25, 0.3) is 0 Å². The van der Waals surface area contributed by atoms with Gasteiger partial charge in [0.15, 0.2) is 0 Å². The van der Waals surface area contributed by atoms with Crippen molar-refractivity contribution in [2.75, 3.05) is 6.61 Å². The smallest absolute Gasteiger partial charge is 0.311 e. The zero-order valence-electron chi connectivity index (χ0n) is 12.1. The summed E-state index contributed by atoms with van der Waals surface area (Å²) >= 11 is 12.0. The highest BCUT2D eigenvalue weighted by Crippen LogP contribution is 2.29. The molecule has 1 atom stereocenters. The molecule has 116 valence electrons. The Balaban J connectivity index is 2.23. The van der Waals surface area contributed by atoms with Crippen molar-refractivity contribution in [3.05, 3.63) is 63.6 Å². The molecule has 5 heteroatoms. The molecular weight excluding hydrogens is 323 g/mol. The van der Waals surface area contributed by atoms with Gasteiger partial charge in [0.05, 0.1) is 17.5 Å². The van der Waals surface area contributed by atoms with Crippen LogP contribution in [0.5, 0.6) is 5.75 Å². The van der Waals surface area contributed by atoms with E-state index in [1.807, 2.05) is 13.0 Å². The number of carboxylic acids is 1. The quantitative estimate of drug-likeness (QED) is 0.822. The normalized spacial score (nSPS) is 12.0. The van der Waals surface area contributed by atoms with E-state index in [0.29, 0.717) is 34.4 Å². The molecule has 0 fully saturated rings. The van der Waals surface area contributed by atoms with E-state index in [9.17, 15) is 9.90 Å². The summed E-state index contributed by atoms with van der Waals surface area (Å²) in [5, 5.41) is 10.5. The molecule has 0 saturated heterocycles. The molecule has 0 heterocycles. The molecule has 0 aliphatic heterocycles. The lowest BCUT2D eigenvalue weighted by Gasteiger charge is -2.14. The standard InChI is InChI=1S/C17H16Cl2O3/c1-2-22-16-8-3-11(10-15(16)19)9-14(17(20)21)12-4-6-13(18)7-5-12/h3-8,10,14H,2,9H2,1H3,(H,20,21). The summed E-state index contributed by atoms with van der Waals surface area (Å²) in [5.74, 6) is -0.926. The number of carboxylic acid groups (broad SMARTS) is 1. The van der Waals surface area contributed by atoms with Crippen molar-refractivity contribution in [3.63, 3.8) is 0 Å². The second-order valence-electron chi connectivity index (χ2n) is 4.84. The van der Waals surface area contributed by atoms with Gasteiger partial charge < -0.3 is 9.84 Å². The third-order valence-corrected chi connectivity index (χ3v) is 3.85. The van der Waals surface area contributed by atoms with Crippen molar-refractivity contribution in [1.29, 1.82) is 0 Å². The first-order valence-electron chi connectivity index (χ1n) is 6.90. The third kappa shape index (κ3) is 4.15. The number of ether oxygens (including phenoxy) is 1. The number of hydrogen-bond acceptors (Lipinski definition) is 2. The first kappa shape index (κ1) is 16.7. The molecule has 0 aliphatic rings. The lowest BCUT2D eigenvalue weighted by Crippen LogP contribution is -2.14. The Morgan fingerprint density at radius 1 is 1.18 bits per heavy atom. The van der Waals surface area contributed by atoms with Gasteiger partial charge in [0.25, 0.3) is 0 Å². The van der Waals surface area contributed by atoms with Crippen molar-refractivity contribution in [1.82, 2.24) is 0 Å². The minimum atomic E-state index is -0.882. The molecule has 0 bridgehead atoms. The fraction of sp³-hybridized carbons (Fsp3) is 0.235. The molecule has 0 aliphatic carbocycles. The maximum atomic E-state index is 11.6. The topological polar surface area (TPSA) is 46.5 Å². The summed E-state index contributed by atoms with van der Waals surface area (Å²) in [6.07, 6.45) is 0.350. The second-order valence-corrected chi connectivity index (χ2v) is 5.69. The Bertz CT molecular complexity index is 653. The molecule has 3 nitrogen and oxygen atoms in total. The van der Waals surface area contributed by atoms with Crippen LogP contribution in [-0.2, 0) is 11.2 Å². The molecule has 0 amide bonds. The predicted molar refractivity (Wildman–Crippen MR) is 88.2 cm³/mol. The number of carbonyl (C=O) groups is 1. The molecule has 2 rings (SSSR count). The monoisotopic (exact) mass is 338 g/mol. The molecule has 0 radical (unpaired) electrons. The Labute approximate surface area is 139 Å². The minimum Gasteiger partial charge on any atom is -0.492 e. The molecule has 2 aromatic carbocycles. The van der Waals surface area contributed by atoms with Gasteiger partial charge in [-0.2, -0.15) is 0 Å².